The SMILES string of the molecule is COc1ccc(/C(O)=C2/C(=O)C(=O)N(CCCN3CCOCC3)C2c2ccccc2)cc1. The summed E-state index contributed by atoms with van der Waals surface area (Å²) in [7, 11) is 1.56. The molecule has 0 bridgehead atoms. The molecule has 0 aliphatic carbocycles. The number of morpholine rings is 1. The third kappa shape index (κ3) is 4.54. The standard InChI is InChI=1S/C25H28N2O5/c1-31-20-10-8-19(9-11-20)23(28)21-22(18-6-3-2-4-7-18)27(25(30)24(21)29)13-5-12-26-14-16-32-17-15-26/h2-4,6-11,22,28H,5,12-17H2,1H3/b23-21-. The second-order valence-electron chi connectivity index (χ2n) is 7.94. The zero-order valence-electron chi connectivity index (χ0n) is 18.2. The molecular weight excluding hydrogens is 408 g/mol. The first-order valence-corrected chi connectivity index (χ1v) is 10.9. The van der Waals surface area contributed by atoms with Crippen molar-refractivity contribution in [3.8, 4) is 5.75 Å². The molecule has 2 aromatic carbocycles. The lowest BCUT2D eigenvalue weighted by molar-refractivity contribution is -0.140. The van der Waals surface area contributed by atoms with Crippen LogP contribution in [-0.2, 0) is 14.3 Å². The molecule has 1 unspecified atom stereocenters. The first-order chi connectivity index (χ1) is 15.6. The zero-order valence-corrected chi connectivity index (χ0v) is 18.2. The molecule has 0 radical (unpaired) electrons. The second kappa shape index (κ2) is 9.97. The van der Waals surface area contributed by atoms with Gasteiger partial charge in [0.15, 0.2) is 0 Å². The Labute approximate surface area is 187 Å². The van der Waals surface area contributed by atoms with E-state index in [1.165, 1.54) is 0 Å². The van der Waals surface area contributed by atoms with E-state index >= 15 is 0 Å². The maximum atomic E-state index is 13.0. The summed E-state index contributed by atoms with van der Waals surface area (Å²) < 4.78 is 10.6. The molecule has 168 valence electrons. The van der Waals surface area contributed by atoms with E-state index in [0.717, 1.165) is 44.8 Å². The minimum absolute atomic E-state index is 0.123. The highest BCUT2D eigenvalue weighted by Gasteiger charge is 2.45. The third-order valence-electron chi connectivity index (χ3n) is 6.00. The van der Waals surface area contributed by atoms with Crippen molar-refractivity contribution in [2.45, 2.75) is 12.5 Å². The number of nitrogens with zero attached hydrogens (tertiary/aromatic N) is 2. The number of carbonyl (C=O) groups is 2. The van der Waals surface area contributed by atoms with E-state index in [-0.39, 0.29) is 11.3 Å². The third-order valence-corrected chi connectivity index (χ3v) is 6.00. The Bertz CT molecular complexity index is 981. The number of amides is 1. The maximum Gasteiger partial charge on any atom is 0.295 e. The van der Waals surface area contributed by atoms with Gasteiger partial charge >= 0.3 is 0 Å². The second-order valence-corrected chi connectivity index (χ2v) is 7.94. The van der Waals surface area contributed by atoms with E-state index < -0.39 is 17.7 Å². The molecule has 7 heteroatoms. The molecule has 7 nitrogen and oxygen atoms in total. The number of likely N-dealkylation sites (tertiary alicyclic amines) is 1. The highest BCUT2D eigenvalue weighted by molar-refractivity contribution is 6.46. The molecule has 2 fully saturated rings. The average Bonchev–Trinajstić information content (AvgIpc) is 3.10. The van der Waals surface area contributed by atoms with Crippen LogP contribution >= 0.6 is 0 Å². The summed E-state index contributed by atoms with van der Waals surface area (Å²) in [5.41, 5.74) is 1.39. The Kier molecular flexibility index (Phi) is 6.87. The number of aliphatic hydroxyl groups excluding tert-OH is 1. The van der Waals surface area contributed by atoms with Crippen LogP contribution in [0.4, 0.5) is 0 Å². The summed E-state index contributed by atoms with van der Waals surface area (Å²) in [5.74, 6) is -0.755. The number of rotatable bonds is 7. The normalized spacial score (nSPS) is 21.2. The fourth-order valence-corrected chi connectivity index (χ4v) is 4.29. The predicted molar refractivity (Wildman–Crippen MR) is 120 cm³/mol. The highest BCUT2D eigenvalue weighted by Crippen LogP contribution is 2.39. The Hall–Kier alpha value is -3.16. The quantitative estimate of drug-likeness (QED) is 0.409. The summed E-state index contributed by atoms with van der Waals surface area (Å²) in [6.45, 7) is 4.44. The molecule has 2 aromatic rings. The van der Waals surface area contributed by atoms with E-state index in [1.807, 2.05) is 30.3 Å². The van der Waals surface area contributed by atoms with Crippen LogP contribution in [-0.4, -0.2) is 73.1 Å². The van der Waals surface area contributed by atoms with Gasteiger partial charge in [-0.1, -0.05) is 30.3 Å². The van der Waals surface area contributed by atoms with Crippen LogP contribution in [0.3, 0.4) is 0 Å². The highest BCUT2D eigenvalue weighted by atomic mass is 16.5. The van der Waals surface area contributed by atoms with Gasteiger partial charge in [0.05, 0.1) is 31.9 Å². The van der Waals surface area contributed by atoms with Crippen LogP contribution in [0.5, 0.6) is 5.75 Å². The molecule has 1 atom stereocenters. The summed E-state index contributed by atoms with van der Waals surface area (Å²) in [6, 6.07) is 15.6. The number of ether oxygens (including phenoxy) is 2. The molecule has 2 aliphatic heterocycles. The summed E-state index contributed by atoms with van der Waals surface area (Å²) in [5, 5.41) is 11.1. The molecule has 2 aliphatic rings. The number of aliphatic hydroxyl groups is 1. The predicted octanol–water partition coefficient (Wildman–Crippen LogP) is 2.84. The summed E-state index contributed by atoms with van der Waals surface area (Å²) in [4.78, 5) is 29.9. The Morgan fingerprint density at radius 2 is 1.72 bits per heavy atom. The number of carbonyl (C=O) groups excluding carboxylic acids is 2. The fraction of sp³-hybridized carbons (Fsp3) is 0.360. The van der Waals surface area contributed by atoms with Crippen molar-refractivity contribution in [1.82, 2.24) is 9.80 Å². The number of ketones is 1. The molecular formula is C25H28N2O5. The van der Waals surface area contributed by atoms with E-state index in [1.54, 1.807) is 36.3 Å². The molecule has 2 heterocycles. The molecule has 0 spiro atoms. The molecule has 1 N–H and O–H groups in total. The van der Waals surface area contributed by atoms with Gasteiger partial charge in [-0.3, -0.25) is 14.5 Å². The van der Waals surface area contributed by atoms with Gasteiger partial charge in [0.1, 0.15) is 11.5 Å². The lowest BCUT2D eigenvalue weighted by atomic mass is 9.95. The van der Waals surface area contributed by atoms with Crippen LogP contribution in [0.2, 0.25) is 0 Å². The Morgan fingerprint density at radius 3 is 2.38 bits per heavy atom. The number of Topliss-reactive ketones (excluding diaryl/α,β-unsaturated/α-hetero) is 1. The smallest absolute Gasteiger partial charge is 0.295 e. The van der Waals surface area contributed by atoms with Gasteiger partial charge in [0.25, 0.3) is 11.7 Å². The van der Waals surface area contributed by atoms with Crippen LogP contribution in [0.25, 0.3) is 5.76 Å². The minimum Gasteiger partial charge on any atom is -0.507 e. The van der Waals surface area contributed by atoms with Crippen molar-refractivity contribution in [1.29, 1.82) is 0 Å². The van der Waals surface area contributed by atoms with Gasteiger partial charge in [-0.05, 0) is 36.2 Å². The topological polar surface area (TPSA) is 79.3 Å². The fourth-order valence-electron chi connectivity index (χ4n) is 4.29. The van der Waals surface area contributed by atoms with Gasteiger partial charge in [-0.25, -0.2) is 0 Å². The van der Waals surface area contributed by atoms with E-state index in [0.29, 0.717) is 17.9 Å². The van der Waals surface area contributed by atoms with Gasteiger partial charge in [0.2, 0.25) is 0 Å². The van der Waals surface area contributed by atoms with Crippen LogP contribution in [0.1, 0.15) is 23.6 Å². The van der Waals surface area contributed by atoms with E-state index in [9.17, 15) is 14.7 Å². The monoisotopic (exact) mass is 436 g/mol. The van der Waals surface area contributed by atoms with Crippen LogP contribution < -0.4 is 4.74 Å². The van der Waals surface area contributed by atoms with Gasteiger partial charge in [0, 0.05) is 31.7 Å². The van der Waals surface area contributed by atoms with Gasteiger partial charge in [-0.15, -0.1) is 0 Å². The lowest BCUT2D eigenvalue weighted by Gasteiger charge is -2.29. The molecule has 2 saturated heterocycles. The van der Waals surface area contributed by atoms with Gasteiger partial charge in [-0.2, -0.15) is 0 Å². The van der Waals surface area contributed by atoms with Gasteiger partial charge < -0.3 is 19.5 Å². The first kappa shape index (κ1) is 22.0. The minimum atomic E-state index is -0.654. The molecule has 0 aromatic heterocycles. The number of hydrogen-bond donors (Lipinski definition) is 1. The molecule has 32 heavy (non-hydrogen) atoms. The van der Waals surface area contributed by atoms with Crippen LogP contribution in [0.15, 0.2) is 60.2 Å². The average molecular weight is 437 g/mol. The zero-order chi connectivity index (χ0) is 22.5. The molecule has 4 rings (SSSR count). The Balaban J connectivity index is 1.64. The first-order valence-electron chi connectivity index (χ1n) is 10.9. The summed E-state index contributed by atoms with van der Waals surface area (Å²) in [6.07, 6.45) is 0.735. The Morgan fingerprint density at radius 1 is 1.03 bits per heavy atom. The number of hydrogen-bond acceptors (Lipinski definition) is 6. The van der Waals surface area contributed by atoms with E-state index in [4.69, 9.17) is 9.47 Å². The molecule has 0 saturated carbocycles. The lowest BCUT2D eigenvalue weighted by Crippen LogP contribution is -2.38. The van der Waals surface area contributed by atoms with Crippen molar-refractivity contribution in [3.63, 3.8) is 0 Å². The maximum absolute atomic E-state index is 13.0. The number of methoxy groups -OCH3 is 1. The van der Waals surface area contributed by atoms with Crippen molar-refractivity contribution in [2.24, 2.45) is 0 Å². The van der Waals surface area contributed by atoms with Crippen molar-refractivity contribution < 1.29 is 24.2 Å². The van der Waals surface area contributed by atoms with Crippen molar-refractivity contribution >= 4 is 17.4 Å². The van der Waals surface area contributed by atoms with Crippen molar-refractivity contribution in [2.75, 3.05) is 46.5 Å². The summed E-state index contributed by atoms with van der Waals surface area (Å²) >= 11 is 0. The number of benzene rings is 2. The molecule has 1 amide bonds. The van der Waals surface area contributed by atoms with E-state index in [2.05, 4.69) is 4.90 Å². The van der Waals surface area contributed by atoms with Crippen molar-refractivity contribution in [3.05, 3.63) is 71.3 Å². The largest absolute Gasteiger partial charge is 0.507 e. The van der Waals surface area contributed by atoms with Crippen LogP contribution in [0, 0.1) is 0 Å².